The first-order chi connectivity index (χ1) is 13.1. The van der Waals surface area contributed by atoms with Gasteiger partial charge in [-0.15, -0.1) is 0 Å². The van der Waals surface area contributed by atoms with E-state index in [4.69, 9.17) is 4.74 Å². The topological polar surface area (TPSA) is 34.0 Å². The Bertz CT molecular complexity index is 827. The van der Waals surface area contributed by atoms with Crippen LogP contribution in [0.5, 0.6) is 5.75 Å². The first-order valence-electron chi connectivity index (χ1n) is 9.25. The number of carbonyl (C=O) groups excluding carboxylic acids is 1. The molecule has 2 aromatic rings. The van der Waals surface area contributed by atoms with Crippen molar-refractivity contribution in [3.8, 4) is 5.75 Å². The monoisotopic (exact) mass is 369 g/mol. The van der Waals surface area contributed by atoms with Crippen molar-refractivity contribution in [2.75, 3.05) is 33.3 Å². The van der Waals surface area contributed by atoms with Crippen LogP contribution in [0, 0.1) is 12.7 Å². The van der Waals surface area contributed by atoms with Crippen LogP contribution in [0.2, 0.25) is 0 Å². The fourth-order valence-corrected chi connectivity index (χ4v) is 3.42. The smallest absolute Gasteiger partial charge is 0.246 e. The summed E-state index contributed by atoms with van der Waals surface area (Å²) in [5.41, 5.74) is 3.08. The van der Waals surface area contributed by atoms with Gasteiger partial charge in [0, 0.05) is 6.08 Å². The predicted molar refractivity (Wildman–Crippen MR) is 104 cm³/mol. The average Bonchev–Trinajstić information content (AvgIpc) is 2.68. The summed E-state index contributed by atoms with van der Waals surface area (Å²) in [7, 11) is 1.60. The van der Waals surface area contributed by atoms with Gasteiger partial charge in [-0.05, 0) is 42.3 Å². The van der Waals surface area contributed by atoms with Crippen molar-refractivity contribution in [2.45, 2.75) is 13.5 Å². The maximum absolute atomic E-state index is 13.5. The number of carbonyl (C=O) groups is 1. The van der Waals surface area contributed by atoms with E-state index in [1.165, 1.54) is 17.0 Å². The molecule has 1 aliphatic rings. The van der Waals surface area contributed by atoms with Crippen LogP contribution in [-0.4, -0.2) is 44.1 Å². The average molecular weight is 369 g/mol. The minimum atomic E-state index is -0.250. The lowest BCUT2D eigenvalue weighted by Crippen LogP contribution is -3.13. The molecule has 0 unspecified atom stereocenters. The molecule has 4 nitrogen and oxygen atoms in total. The number of nitrogens with one attached hydrogen (secondary N) is 1. The van der Waals surface area contributed by atoms with Crippen LogP contribution >= 0.6 is 0 Å². The highest BCUT2D eigenvalue weighted by atomic mass is 19.1. The third-order valence-electron chi connectivity index (χ3n) is 5.06. The highest BCUT2D eigenvalue weighted by molar-refractivity contribution is 5.92. The highest BCUT2D eigenvalue weighted by Crippen LogP contribution is 2.18. The number of aryl methyl sites for hydroxylation is 1. The number of nitrogens with zero attached hydrogens (tertiary/aromatic N) is 1. The lowest BCUT2D eigenvalue weighted by atomic mass is 10.1. The van der Waals surface area contributed by atoms with Gasteiger partial charge in [-0.3, -0.25) is 4.79 Å². The summed E-state index contributed by atoms with van der Waals surface area (Å²) in [6.45, 7) is 5.80. The zero-order chi connectivity index (χ0) is 19.2. The van der Waals surface area contributed by atoms with Gasteiger partial charge < -0.3 is 14.5 Å². The van der Waals surface area contributed by atoms with Gasteiger partial charge in [0.15, 0.2) is 0 Å². The van der Waals surface area contributed by atoms with E-state index in [1.807, 2.05) is 42.2 Å². The molecule has 0 spiro atoms. The molecular formula is C22H26FN2O2+. The van der Waals surface area contributed by atoms with Crippen molar-refractivity contribution in [1.82, 2.24) is 4.90 Å². The van der Waals surface area contributed by atoms with E-state index in [0.717, 1.165) is 29.8 Å². The largest absolute Gasteiger partial charge is 0.496 e. The van der Waals surface area contributed by atoms with E-state index in [2.05, 4.69) is 0 Å². The molecule has 0 atom stereocenters. The number of hydrogen-bond acceptors (Lipinski definition) is 2. The van der Waals surface area contributed by atoms with Gasteiger partial charge >= 0.3 is 0 Å². The Balaban J connectivity index is 1.55. The minimum Gasteiger partial charge on any atom is -0.496 e. The Morgan fingerprint density at radius 3 is 2.67 bits per heavy atom. The fourth-order valence-electron chi connectivity index (χ4n) is 3.42. The predicted octanol–water partition coefficient (Wildman–Crippen LogP) is 2.08. The number of amides is 1. The number of halogens is 1. The summed E-state index contributed by atoms with van der Waals surface area (Å²) in [5, 5.41) is 0. The third-order valence-corrected chi connectivity index (χ3v) is 5.06. The Kier molecular flexibility index (Phi) is 6.24. The normalized spacial score (nSPS) is 15.3. The lowest BCUT2D eigenvalue weighted by molar-refractivity contribution is -0.917. The van der Waals surface area contributed by atoms with Gasteiger partial charge in [0.25, 0.3) is 0 Å². The number of rotatable bonds is 5. The zero-order valence-electron chi connectivity index (χ0n) is 15.9. The molecule has 1 fully saturated rings. The Morgan fingerprint density at radius 1 is 1.22 bits per heavy atom. The Morgan fingerprint density at radius 2 is 1.96 bits per heavy atom. The second-order valence-electron chi connectivity index (χ2n) is 6.90. The first-order valence-corrected chi connectivity index (χ1v) is 9.25. The van der Waals surface area contributed by atoms with Gasteiger partial charge in [-0.2, -0.15) is 0 Å². The van der Waals surface area contributed by atoms with E-state index in [0.29, 0.717) is 25.4 Å². The molecule has 27 heavy (non-hydrogen) atoms. The van der Waals surface area contributed by atoms with E-state index in [1.54, 1.807) is 19.3 Å². The summed E-state index contributed by atoms with van der Waals surface area (Å²) in [6, 6.07) is 12.6. The SMILES string of the molecule is COc1ccc(F)cc1C[NH+]1CCN(C(=O)/C=C/c2ccccc2C)CC1. The van der Waals surface area contributed by atoms with Gasteiger partial charge in [0.1, 0.15) is 18.1 Å². The van der Waals surface area contributed by atoms with Crippen molar-refractivity contribution in [1.29, 1.82) is 0 Å². The van der Waals surface area contributed by atoms with Crippen molar-refractivity contribution >= 4 is 12.0 Å². The van der Waals surface area contributed by atoms with Crippen molar-refractivity contribution in [3.05, 3.63) is 71.0 Å². The summed E-state index contributed by atoms with van der Waals surface area (Å²) in [5.74, 6) is 0.504. The second-order valence-corrected chi connectivity index (χ2v) is 6.90. The Hall–Kier alpha value is -2.66. The molecule has 142 valence electrons. The number of benzene rings is 2. The molecule has 1 amide bonds. The molecule has 1 N–H and O–H groups in total. The van der Waals surface area contributed by atoms with E-state index < -0.39 is 0 Å². The zero-order valence-corrected chi connectivity index (χ0v) is 15.9. The quantitative estimate of drug-likeness (QED) is 0.819. The van der Waals surface area contributed by atoms with Crippen molar-refractivity contribution in [3.63, 3.8) is 0 Å². The standard InChI is InChI=1S/C22H25FN2O2/c1-17-5-3-4-6-18(17)7-10-22(26)25-13-11-24(12-14-25)16-19-15-20(23)8-9-21(19)27-2/h3-10,15H,11-14,16H2,1-2H3/p+1/b10-7+. The van der Waals surface area contributed by atoms with Crippen molar-refractivity contribution in [2.24, 2.45) is 0 Å². The van der Waals surface area contributed by atoms with E-state index >= 15 is 0 Å². The van der Waals surface area contributed by atoms with Crippen LogP contribution in [0.15, 0.2) is 48.5 Å². The summed E-state index contributed by atoms with van der Waals surface area (Å²) in [6.07, 6.45) is 3.54. The summed E-state index contributed by atoms with van der Waals surface area (Å²) in [4.78, 5) is 15.7. The van der Waals surface area contributed by atoms with E-state index in [-0.39, 0.29) is 11.7 Å². The molecule has 3 rings (SSSR count). The van der Waals surface area contributed by atoms with Crippen LogP contribution in [0.1, 0.15) is 16.7 Å². The molecular weight excluding hydrogens is 343 g/mol. The summed E-state index contributed by atoms with van der Waals surface area (Å²) >= 11 is 0. The molecule has 1 aliphatic heterocycles. The highest BCUT2D eigenvalue weighted by Gasteiger charge is 2.23. The lowest BCUT2D eigenvalue weighted by Gasteiger charge is -2.32. The van der Waals surface area contributed by atoms with Gasteiger partial charge in [-0.1, -0.05) is 24.3 Å². The molecule has 5 heteroatoms. The number of quaternary nitrogens is 1. The second kappa shape index (κ2) is 8.82. The first kappa shape index (κ1) is 19.1. The number of ether oxygens (including phenoxy) is 1. The summed E-state index contributed by atoms with van der Waals surface area (Å²) < 4.78 is 18.9. The number of piperazine rings is 1. The minimum absolute atomic E-state index is 0.0423. The number of hydrogen-bond donors (Lipinski definition) is 1. The Labute approximate surface area is 159 Å². The molecule has 0 aliphatic carbocycles. The van der Waals surface area contributed by atoms with Crippen molar-refractivity contribution < 1.29 is 18.8 Å². The molecule has 1 saturated heterocycles. The van der Waals surface area contributed by atoms with Gasteiger partial charge in [-0.25, -0.2) is 4.39 Å². The third kappa shape index (κ3) is 4.95. The van der Waals surface area contributed by atoms with Crippen LogP contribution < -0.4 is 9.64 Å². The molecule has 0 bridgehead atoms. The molecule has 1 heterocycles. The molecule has 0 radical (unpaired) electrons. The van der Waals surface area contributed by atoms with Crippen LogP contribution in [-0.2, 0) is 11.3 Å². The van der Waals surface area contributed by atoms with Crippen LogP contribution in [0.25, 0.3) is 6.08 Å². The maximum atomic E-state index is 13.5. The fraction of sp³-hybridized carbons (Fsp3) is 0.318. The van der Waals surface area contributed by atoms with Crippen LogP contribution in [0.3, 0.4) is 0 Å². The molecule has 0 saturated carbocycles. The maximum Gasteiger partial charge on any atom is 0.246 e. The molecule has 0 aromatic heterocycles. The van der Waals surface area contributed by atoms with Crippen LogP contribution in [0.4, 0.5) is 4.39 Å². The van der Waals surface area contributed by atoms with E-state index in [9.17, 15) is 9.18 Å². The number of methoxy groups -OCH3 is 1. The molecule has 2 aromatic carbocycles. The van der Waals surface area contributed by atoms with Gasteiger partial charge in [0.05, 0.1) is 38.9 Å². The van der Waals surface area contributed by atoms with Gasteiger partial charge in [0.2, 0.25) is 5.91 Å².